The van der Waals surface area contributed by atoms with Gasteiger partial charge in [0.2, 0.25) is 0 Å². The number of hydrogen-bond acceptors (Lipinski definition) is 5. The first kappa shape index (κ1) is 21.9. The van der Waals surface area contributed by atoms with Gasteiger partial charge in [-0.2, -0.15) is 0 Å². The molecule has 3 aromatic rings. The molecule has 6 nitrogen and oxygen atoms in total. The molecule has 0 atom stereocenters. The van der Waals surface area contributed by atoms with Gasteiger partial charge in [-0.25, -0.2) is 13.2 Å². The fourth-order valence-corrected chi connectivity index (χ4v) is 3.62. The highest BCUT2D eigenvalue weighted by Gasteiger charge is 2.28. The van der Waals surface area contributed by atoms with Crippen molar-refractivity contribution in [2.24, 2.45) is 0 Å². The molecule has 1 fully saturated rings. The zero-order chi connectivity index (χ0) is 22.7. The van der Waals surface area contributed by atoms with Crippen LogP contribution in [0.2, 0.25) is 0 Å². The first-order valence-corrected chi connectivity index (χ1v) is 10.2. The molecule has 32 heavy (non-hydrogen) atoms. The average molecular weight is 445 g/mol. The highest BCUT2D eigenvalue weighted by molar-refractivity contribution is 5.93. The topological polar surface area (TPSA) is 58.8 Å². The van der Waals surface area contributed by atoms with Gasteiger partial charge in [-0.05, 0) is 36.8 Å². The molecular weight excluding hydrogens is 423 g/mol. The van der Waals surface area contributed by atoms with Crippen LogP contribution in [0.3, 0.4) is 0 Å². The normalized spacial score (nSPS) is 14.6. The van der Waals surface area contributed by atoms with Gasteiger partial charge in [0.25, 0.3) is 5.91 Å². The third kappa shape index (κ3) is 4.94. The third-order valence-corrected chi connectivity index (χ3v) is 5.41. The Hall–Kier alpha value is -3.33. The van der Waals surface area contributed by atoms with Crippen LogP contribution < -0.4 is 4.74 Å². The monoisotopic (exact) mass is 445 g/mol. The number of amides is 1. The second-order valence-corrected chi connectivity index (χ2v) is 7.63. The molecule has 0 N–H and O–H groups in total. The van der Waals surface area contributed by atoms with Gasteiger partial charge in [-0.1, -0.05) is 17.3 Å². The zero-order valence-electron chi connectivity index (χ0n) is 17.5. The van der Waals surface area contributed by atoms with Gasteiger partial charge in [0.05, 0.1) is 5.56 Å². The lowest BCUT2D eigenvalue weighted by Crippen LogP contribution is -2.48. The molecule has 1 saturated heterocycles. The minimum atomic E-state index is -0.832. The number of piperazine rings is 1. The highest BCUT2D eigenvalue weighted by Crippen LogP contribution is 2.22. The van der Waals surface area contributed by atoms with Crippen molar-refractivity contribution in [3.8, 4) is 5.75 Å². The fourth-order valence-electron chi connectivity index (χ4n) is 3.62. The Morgan fingerprint density at radius 1 is 1.06 bits per heavy atom. The smallest absolute Gasteiger partial charge is 0.276 e. The number of carbonyl (C=O) groups excluding carboxylic acids is 1. The molecule has 0 bridgehead atoms. The van der Waals surface area contributed by atoms with Crippen molar-refractivity contribution in [2.75, 3.05) is 26.2 Å². The molecule has 1 aromatic heterocycles. The van der Waals surface area contributed by atoms with Gasteiger partial charge in [0.15, 0.2) is 17.3 Å². The molecule has 0 spiro atoms. The summed E-state index contributed by atoms with van der Waals surface area (Å²) in [5, 5.41) is 3.88. The van der Waals surface area contributed by atoms with Crippen molar-refractivity contribution in [2.45, 2.75) is 20.1 Å². The van der Waals surface area contributed by atoms with Crippen LogP contribution in [0.5, 0.6) is 5.75 Å². The second kappa shape index (κ2) is 9.44. The predicted molar refractivity (Wildman–Crippen MR) is 110 cm³/mol. The van der Waals surface area contributed by atoms with Crippen LogP contribution in [0.1, 0.15) is 27.4 Å². The molecule has 2 aromatic carbocycles. The van der Waals surface area contributed by atoms with Crippen LogP contribution in [0.25, 0.3) is 0 Å². The summed E-state index contributed by atoms with van der Waals surface area (Å²) in [7, 11) is 0. The zero-order valence-corrected chi connectivity index (χ0v) is 17.5. The van der Waals surface area contributed by atoms with Crippen molar-refractivity contribution in [1.29, 1.82) is 0 Å². The predicted octanol–water partition coefficient (Wildman–Crippen LogP) is 3.94. The summed E-state index contributed by atoms with van der Waals surface area (Å²) in [4.78, 5) is 16.8. The van der Waals surface area contributed by atoms with Crippen LogP contribution in [0.15, 0.2) is 47.0 Å². The van der Waals surface area contributed by atoms with Gasteiger partial charge in [0, 0.05) is 38.8 Å². The van der Waals surface area contributed by atoms with E-state index < -0.39 is 11.6 Å². The number of halogens is 3. The van der Waals surface area contributed by atoms with E-state index in [1.54, 1.807) is 17.9 Å². The Balaban J connectivity index is 1.38. The highest BCUT2D eigenvalue weighted by atomic mass is 19.1. The number of ether oxygens (including phenoxy) is 1. The number of aromatic nitrogens is 1. The van der Waals surface area contributed by atoms with Crippen molar-refractivity contribution in [3.05, 3.63) is 82.5 Å². The number of nitrogens with zero attached hydrogens (tertiary/aromatic N) is 3. The minimum absolute atomic E-state index is 0.114. The Kier molecular flexibility index (Phi) is 6.45. The summed E-state index contributed by atoms with van der Waals surface area (Å²) >= 11 is 0. The molecule has 4 rings (SSSR count). The largest absolute Gasteiger partial charge is 0.486 e. The Labute approximate surface area is 183 Å². The molecule has 9 heteroatoms. The lowest BCUT2D eigenvalue weighted by molar-refractivity contribution is 0.0616. The lowest BCUT2D eigenvalue weighted by atomic mass is 10.1. The van der Waals surface area contributed by atoms with Gasteiger partial charge >= 0.3 is 0 Å². The molecule has 1 aliphatic heterocycles. The number of carbonyl (C=O) groups is 1. The van der Waals surface area contributed by atoms with E-state index in [1.807, 2.05) is 6.07 Å². The summed E-state index contributed by atoms with van der Waals surface area (Å²) < 4.78 is 50.9. The summed E-state index contributed by atoms with van der Waals surface area (Å²) in [6.07, 6.45) is 0. The maximum atomic E-state index is 13.8. The van der Waals surface area contributed by atoms with Crippen molar-refractivity contribution >= 4 is 5.91 Å². The molecule has 0 radical (unpaired) electrons. The summed E-state index contributed by atoms with van der Waals surface area (Å²) in [5.74, 6) is -1.85. The Morgan fingerprint density at radius 2 is 1.81 bits per heavy atom. The van der Waals surface area contributed by atoms with E-state index in [4.69, 9.17) is 9.26 Å². The molecule has 1 amide bonds. The standard InChI is InChI=1S/C23H22F3N3O3/c1-15-19(14-31-21-6-5-18(25)12-20(21)26)22(27-32-15)23(30)29-9-7-28(8-10-29)13-16-3-2-4-17(24)11-16/h2-6,11-12H,7-10,13-14H2,1H3. The molecule has 168 valence electrons. The van der Waals surface area contributed by atoms with Gasteiger partial charge in [-0.3, -0.25) is 9.69 Å². The molecule has 2 heterocycles. The van der Waals surface area contributed by atoms with Gasteiger partial charge in [0.1, 0.15) is 24.0 Å². The molecule has 0 aliphatic carbocycles. The number of rotatable bonds is 6. The van der Waals surface area contributed by atoms with E-state index in [0.29, 0.717) is 44.0 Å². The average Bonchev–Trinajstić information content (AvgIpc) is 3.13. The van der Waals surface area contributed by atoms with E-state index in [2.05, 4.69) is 10.1 Å². The second-order valence-electron chi connectivity index (χ2n) is 7.63. The first-order chi connectivity index (χ1) is 15.4. The number of benzene rings is 2. The lowest BCUT2D eigenvalue weighted by Gasteiger charge is -2.34. The molecule has 1 aliphatic rings. The van der Waals surface area contributed by atoms with Crippen molar-refractivity contribution < 1.29 is 27.2 Å². The van der Waals surface area contributed by atoms with Crippen LogP contribution in [0.4, 0.5) is 13.2 Å². The van der Waals surface area contributed by atoms with E-state index in [9.17, 15) is 18.0 Å². The summed E-state index contributed by atoms with van der Waals surface area (Å²) in [6, 6.07) is 9.47. The van der Waals surface area contributed by atoms with Crippen LogP contribution in [-0.4, -0.2) is 47.0 Å². The summed E-state index contributed by atoms with van der Waals surface area (Å²) in [5.41, 5.74) is 1.41. The van der Waals surface area contributed by atoms with Crippen molar-refractivity contribution in [3.63, 3.8) is 0 Å². The Morgan fingerprint density at radius 3 is 2.53 bits per heavy atom. The number of aryl methyl sites for hydroxylation is 1. The van der Waals surface area contributed by atoms with Crippen LogP contribution in [0, 0.1) is 24.4 Å². The minimum Gasteiger partial charge on any atom is -0.486 e. The number of hydrogen-bond donors (Lipinski definition) is 0. The van der Waals surface area contributed by atoms with Crippen LogP contribution in [-0.2, 0) is 13.2 Å². The van der Waals surface area contributed by atoms with Crippen molar-refractivity contribution in [1.82, 2.24) is 15.0 Å². The quantitative estimate of drug-likeness (QED) is 0.575. The van der Waals surface area contributed by atoms with Gasteiger partial charge in [-0.15, -0.1) is 0 Å². The van der Waals surface area contributed by atoms with Crippen LogP contribution >= 0.6 is 0 Å². The maximum Gasteiger partial charge on any atom is 0.276 e. The summed E-state index contributed by atoms with van der Waals surface area (Å²) in [6.45, 7) is 4.32. The molecule has 0 saturated carbocycles. The van der Waals surface area contributed by atoms with E-state index >= 15 is 0 Å². The Bertz CT molecular complexity index is 1110. The first-order valence-electron chi connectivity index (χ1n) is 10.2. The van der Waals surface area contributed by atoms with E-state index in [-0.39, 0.29) is 29.8 Å². The van der Waals surface area contributed by atoms with Gasteiger partial charge < -0.3 is 14.2 Å². The van der Waals surface area contributed by atoms with E-state index in [1.165, 1.54) is 18.2 Å². The SMILES string of the molecule is Cc1onc(C(=O)N2CCN(Cc3cccc(F)c3)CC2)c1COc1ccc(F)cc1F. The fraction of sp³-hybridized carbons (Fsp3) is 0.304. The molecule has 0 unspecified atom stereocenters. The maximum absolute atomic E-state index is 13.8. The molecular formula is C23H22F3N3O3. The van der Waals surface area contributed by atoms with E-state index in [0.717, 1.165) is 17.7 Å². The third-order valence-electron chi connectivity index (χ3n) is 5.41.